The Bertz CT molecular complexity index is 376. The fourth-order valence-electron chi connectivity index (χ4n) is 2.22. The Kier molecular flexibility index (Phi) is 3.59. The predicted molar refractivity (Wildman–Crippen MR) is 67.1 cm³/mol. The maximum atomic E-state index is 5.74. The monoisotopic (exact) mass is 236 g/mol. The summed E-state index contributed by atoms with van der Waals surface area (Å²) in [5.41, 5.74) is 6.68. The highest BCUT2D eigenvalue weighted by Crippen LogP contribution is 2.18. The van der Waals surface area contributed by atoms with E-state index in [-0.39, 0.29) is 12.2 Å². The minimum atomic E-state index is 0.0920. The van der Waals surface area contributed by atoms with Crippen LogP contribution in [0, 0.1) is 13.8 Å². The van der Waals surface area contributed by atoms with E-state index in [4.69, 9.17) is 10.5 Å². The Labute approximate surface area is 102 Å². The summed E-state index contributed by atoms with van der Waals surface area (Å²) in [5, 5.41) is 0. The predicted octanol–water partition coefficient (Wildman–Crippen LogP) is 0.646. The lowest BCUT2D eigenvalue weighted by atomic mass is 10.2. The number of nitrogens with two attached hydrogens (primary N) is 1. The number of aryl methyl sites for hydroxylation is 2. The molecule has 2 N–H and O–H groups in total. The Morgan fingerprint density at radius 3 is 2.82 bits per heavy atom. The van der Waals surface area contributed by atoms with Gasteiger partial charge in [0.15, 0.2) is 0 Å². The van der Waals surface area contributed by atoms with E-state index in [1.165, 1.54) is 0 Å². The summed E-state index contributed by atoms with van der Waals surface area (Å²) in [6.07, 6.45) is 0.280. The molecule has 0 spiro atoms. The minimum absolute atomic E-state index is 0.0920. The average Bonchev–Trinajstić information content (AvgIpc) is 2.26. The van der Waals surface area contributed by atoms with Gasteiger partial charge < -0.3 is 15.4 Å². The lowest BCUT2D eigenvalue weighted by Gasteiger charge is -2.37. The molecule has 1 aromatic rings. The van der Waals surface area contributed by atoms with Gasteiger partial charge in [0.1, 0.15) is 11.6 Å². The van der Waals surface area contributed by atoms with Crippen LogP contribution in [0.1, 0.15) is 18.4 Å². The molecule has 0 bridgehead atoms. The highest BCUT2D eigenvalue weighted by atomic mass is 16.5. The molecule has 0 aliphatic carbocycles. The molecule has 1 saturated heterocycles. The summed E-state index contributed by atoms with van der Waals surface area (Å²) in [6.45, 7) is 8.17. The number of aromatic nitrogens is 2. The van der Waals surface area contributed by atoms with Crippen molar-refractivity contribution in [3.8, 4) is 0 Å². The lowest BCUT2D eigenvalue weighted by molar-refractivity contribution is -0.0107. The van der Waals surface area contributed by atoms with Crippen molar-refractivity contribution < 1.29 is 4.74 Å². The summed E-state index contributed by atoms with van der Waals surface area (Å²) in [6, 6.07) is 2.01. The van der Waals surface area contributed by atoms with Gasteiger partial charge in [-0.2, -0.15) is 0 Å². The van der Waals surface area contributed by atoms with Crippen molar-refractivity contribution in [1.29, 1.82) is 0 Å². The SMILES string of the molecule is Cc1cc(N2CC(C)OC(CN)C2)nc(C)n1. The molecule has 17 heavy (non-hydrogen) atoms. The molecule has 2 rings (SSSR count). The van der Waals surface area contributed by atoms with E-state index >= 15 is 0 Å². The molecule has 1 fully saturated rings. The lowest BCUT2D eigenvalue weighted by Crippen LogP contribution is -2.49. The van der Waals surface area contributed by atoms with Gasteiger partial charge >= 0.3 is 0 Å². The zero-order chi connectivity index (χ0) is 12.4. The van der Waals surface area contributed by atoms with Gasteiger partial charge in [-0.05, 0) is 20.8 Å². The maximum Gasteiger partial charge on any atom is 0.132 e. The standard InChI is InChI=1S/C12H20N4O/c1-8-4-12(15-10(3)14-8)16-6-9(2)17-11(5-13)7-16/h4,9,11H,5-7,13H2,1-3H3. The highest BCUT2D eigenvalue weighted by molar-refractivity contribution is 5.40. The van der Waals surface area contributed by atoms with Crippen molar-refractivity contribution in [3.05, 3.63) is 17.6 Å². The van der Waals surface area contributed by atoms with Gasteiger partial charge in [-0.3, -0.25) is 0 Å². The zero-order valence-corrected chi connectivity index (χ0v) is 10.7. The van der Waals surface area contributed by atoms with Crippen LogP contribution in [0.3, 0.4) is 0 Å². The third-order valence-electron chi connectivity index (χ3n) is 2.87. The van der Waals surface area contributed by atoms with Crippen LogP contribution in [0.15, 0.2) is 6.07 Å². The van der Waals surface area contributed by atoms with E-state index in [1.54, 1.807) is 0 Å². The van der Waals surface area contributed by atoms with Crippen molar-refractivity contribution in [3.63, 3.8) is 0 Å². The first-order valence-corrected chi connectivity index (χ1v) is 6.01. The summed E-state index contributed by atoms with van der Waals surface area (Å²) in [4.78, 5) is 11.0. The first-order chi connectivity index (χ1) is 8.08. The molecule has 0 saturated carbocycles. The van der Waals surface area contributed by atoms with Crippen LogP contribution < -0.4 is 10.6 Å². The van der Waals surface area contributed by atoms with Gasteiger partial charge in [-0.25, -0.2) is 9.97 Å². The summed E-state index contributed by atoms with van der Waals surface area (Å²) < 4.78 is 5.74. The van der Waals surface area contributed by atoms with Gasteiger partial charge in [-0.1, -0.05) is 0 Å². The van der Waals surface area contributed by atoms with Gasteiger partial charge in [0.2, 0.25) is 0 Å². The average molecular weight is 236 g/mol. The second-order valence-electron chi connectivity index (χ2n) is 4.62. The molecule has 0 aromatic carbocycles. The highest BCUT2D eigenvalue weighted by Gasteiger charge is 2.25. The third-order valence-corrected chi connectivity index (χ3v) is 2.87. The van der Waals surface area contributed by atoms with Crippen molar-refractivity contribution in [1.82, 2.24) is 9.97 Å². The third kappa shape index (κ3) is 2.92. The summed E-state index contributed by atoms with van der Waals surface area (Å²) in [5.74, 6) is 1.78. The van der Waals surface area contributed by atoms with E-state index < -0.39 is 0 Å². The van der Waals surface area contributed by atoms with Crippen LogP contribution in [-0.4, -0.2) is 41.8 Å². The van der Waals surface area contributed by atoms with Crippen LogP contribution in [0.25, 0.3) is 0 Å². The second kappa shape index (κ2) is 4.98. The molecule has 2 unspecified atom stereocenters. The number of ether oxygens (including phenoxy) is 1. The Balaban J connectivity index is 2.20. The summed E-state index contributed by atoms with van der Waals surface area (Å²) in [7, 11) is 0. The smallest absolute Gasteiger partial charge is 0.132 e. The molecule has 2 heterocycles. The molecule has 0 radical (unpaired) electrons. The number of rotatable bonds is 2. The molecule has 94 valence electrons. The largest absolute Gasteiger partial charge is 0.370 e. The fraction of sp³-hybridized carbons (Fsp3) is 0.667. The van der Waals surface area contributed by atoms with E-state index in [1.807, 2.05) is 19.9 Å². The quantitative estimate of drug-likeness (QED) is 0.816. The number of hydrogen-bond donors (Lipinski definition) is 1. The Hall–Kier alpha value is -1.20. The minimum Gasteiger partial charge on any atom is -0.370 e. The molecule has 0 amide bonds. The molecule has 5 nitrogen and oxygen atoms in total. The van der Waals surface area contributed by atoms with Gasteiger partial charge in [0.25, 0.3) is 0 Å². The molecule has 1 aromatic heterocycles. The number of nitrogens with zero attached hydrogens (tertiary/aromatic N) is 3. The molecule has 1 aliphatic heterocycles. The maximum absolute atomic E-state index is 5.74. The van der Waals surface area contributed by atoms with Crippen molar-refractivity contribution in [2.75, 3.05) is 24.5 Å². The van der Waals surface area contributed by atoms with E-state index in [0.29, 0.717) is 6.54 Å². The molecule has 5 heteroatoms. The molecular formula is C12H20N4O. The van der Waals surface area contributed by atoms with Crippen LogP contribution in [0.5, 0.6) is 0 Å². The topological polar surface area (TPSA) is 64.3 Å². The summed E-state index contributed by atoms with van der Waals surface area (Å²) >= 11 is 0. The van der Waals surface area contributed by atoms with Crippen LogP contribution >= 0.6 is 0 Å². The number of morpholine rings is 1. The first kappa shape index (κ1) is 12.3. The van der Waals surface area contributed by atoms with Gasteiger partial charge in [0.05, 0.1) is 12.2 Å². The van der Waals surface area contributed by atoms with Crippen molar-refractivity contribution >= 4 is 5.82 Å². The molecule has 1 aliphatic rings. The fourth-order valence-corrected chi connectivity index (χ4v) is 2.22. The zero-order valence-electron chi connectivity index (χ0n) is 10.7. The first-order valence-electron chi connectivity index (χ1n) is 6.01. The second-order valence-corrected chi connectivity index (χ2v) is 4.62. The van der Waals surface area contributed by atoms with Crippen LogP contribution in [0.2, 0.25) is 0 Å². The number of anilines is 1. The van der Waals surface area contributed by atoms with Crippen molar-refractivity contribution in [2.45, 2.75) is 33.0 Å². The molecular weight excluding hydrogens is 216 g/mol. The van der Waals surface area contributed by atoms with Gasteiger partial charge in [-0.15, -0.1) is 0 Å². The Morgan fingerprint density at radius 1 is 1.41 bits per heavy atom. The molecule has 2 atom stereocenters. The van der Waals surface area contributed by atoms with Crippen molar-refractivity contribution in [2.24, 2.45) is 5.73 Å². The Morgan fingerprint density at radius 2 is 2.18 bits per heavy atom. The van der Waals surface area contributed by atoms with E-state index in [2.05, 4.69) is 21.8 Å². The van der Waals surface area contributed by atoms with Crippen LogP contribution in [-0.2, 0) is 4.74 Å². The van der Waals surface area contributed by atoms with Crippen LogP contribution in [0.4, 0.5) is 5.82 Å². The van der Waals surface area contributed by atoms with E-state index in [9.17, 15) is 0 Å². The normalized spacial score (nSPS) is 25.1. The van der Waals surface area contributed by atoms with E-state index in [0.717, 1.165) is 30.4 Å². The van der Waals surface area contributed by atoms with Gasteiger partial charge in [0, 0.05) is 31.4 Å². The number of hydrogen-bond acceptors (Lipinski definition) is 5.